The molecule has 0 radical (unpaired) electrons. The SMILES string of the molecule is Cc1ccc(F)cc1COc1cc(F)cc(C#CCCl)c1. The van der Waals surface area contributed by atoms with E-state index in [0.29, 0.717) is 16.9 Å². The number of benzene rings is 2. The Morgan fingerprint density at radius 3 is 2.67 bits per heavy atom. The molecule has 0 aromatic heterocycles. The van der Waals surface area contributed by atoms with E-state index in [-0.39, 0.29) is 18.3 Å². The average Bonchev–Trinajstić information content (AvgIpc) is 2.45. The lowest BCUT2D eigenvalue weighted by atomic mass is 10.1. The third-order valence-electron chi connectivity index (χ3n) is 2.88. The molecule has 108 valence electrons. The van der Waals surface area contributed by atoms with Crippen molar-refractivity contribution in [3.8, 4) is 17.6 Å². The number of halogens is 3. The van der Waals surface area contributed by atoms with E-state index in [4.69, 9.17) is 16.3 Å². The van der Waals surface area contributed by atoms with Gasteiger partial charge in [-0.2, -0.15) is 0 Å². The van der Waals surface area contributed by atoms with Gasteiger partial charge in [-0.3, -0.25) is 0 Å². The highest BCUT2D eigenvalue weighted by Gasteiger charge is 2.04. The Bertz CT molecular complexity index is 702. The standard InChI is InChI=1S/C17H13ClF2O/c1-12-4-5-15(19)9-14(12)11-21-17-8-13(3-2-6-18)7-16(20)10-17/h4-5,7-10H,6,11H2,1H3. The maximum atomic E-state index is 13.5. The van der Waals surface area contributed by atoms with Gasteiger partial charge in [0.05, 0.1) is 5.88 Å². The Hall–Kier alpha value is -2.05. The lowest BCUT2D eigenvalue weighted by molar-refractivity contribution is 0.303. The molecule has 0 aliphatic carbocycles. The van der Waals surface area contributed by atoms with Crippen LogP contribution in [0.25, 0.3) is 0 Å². The van der Waals surface area contributed by atoms with Crippen LogP contribution < -0.4 is 4.74 Å². The number of hydrogen-bond donors (Lipinski definition) is 0. The Kier molecular flexibility index (Phi) is 5.19. The highest BCUT2D eigenvalue weighted by Crippen LogP contribution is 2.19. The quantitative estimate of drug-likeness (QED) is 0.601. The summed E-state index contributed by atoms with van der Waals surface area (Å²) >= 11 is 5.47. The fourth-order valence-corrected chi connectivity index (χ4v) is 1.88. The maximum absolute atomic E-state index is 13.5. The third kappa shape index (κ3) is 4.47. The Morgan fingerprint density at radius 1 is 1.10 bits per heavy atom. The van der Waals surface area contributed by atoms with Crippen molar-refractivity contribution in [2.75, 3.05) is 5.88 Å². The predicted molar refractivity (Wildman–Crippen MR) is 79.5 cm³/mol. The van der Waals surface area contributed by atoms with Gasteiger partial charge in [-0.25, -0.2) is 8.78 Å². The third-order valence-corrected chi connectivity index (χ3v) is 3.01. The predicted octanol–water partition coefficient (Wildman–Crippen LogP) is 4.44. The fourth-order valence-electron chi connectivity index (χ4n) is 1.81. The first-order valence-electron chi connectivity index (χ1n) is 6.32. The molecule has 0 heterocycles. The molecule has 0 spiro atoms. The van der Waals surface area contributed by atoms with Gasteiger partial charge in [-0.15, -0.1) is 11.6 Å². The summed E-state index contributed by atoms with van der Waals surface area (Å²) in [6.45, 7) is 2.02. The molecular formula is C17H13ClF2O. The van der Waals surface area contributed by atoms with Crippen LogP contribution in [0, 0.1) is 30.4 Å². The van der Waals surface area contributed by atoms with Gasteiger partial charge in [0.1, 0.15) is 24.0 Å². The van der Waals surface area contributed by atoms with Crippen LogP contribution in [0.15, 0.2) is 36.4 Å². The molecule has 21 heavy (non-hydrogen) atoms. The molecule has 2 rings (SSSR count). The van der Waals surface area contributed by atoms with Crippen molar-refractivity contribution < 1.29 is 13.5 Å². The lowest BCUT2D eigenvalue weighted by Gasteiger charge is -2.09. The van der Waals surface area contributed by atoms with E-state index in [0.717, 1.165) is 5.56 Å². The minimum atomic E-state index is -0.442. The summed E-state index contributed by atoms with van der Waals surface area (Å²) in [6, 6.07) is 8.66. The first-order chi connectivity index (χ1) is 10.1. The summed E-state index contributed by atoms with van der Waals surface area (Å²) in [7, 11) is 0. The summed E-state index contributed by atoms with van der Waals surface area (Å²) in [5, 5.41) is 0. The second-order valence-corrected chi connectivity index (χ2v) is 4.74. The van der Waals surface area contributed by atoms with Crippen molar-refractivity contribution in [3.05, 3.63) is 64.7 Å². The van der Waals surface area contributed by atoms with E-state index in [9.17, 15) is 8.78 Å². The highest BCUT2D eigenvalue weighted by atomic mass is 35.5. The van der Waals surface area contributed by atoms with E-state index >= 15 is 0 Å². The van der Waals surface area contributed by atoms with Gasteiger partial charge in [0.2, 0.25) is 0 Å². The Morgan fingerprint density at radius 2 is 1.90 bits per heavy atom. The molecule has 0 N–H and O–H groups in total. The number of ether oxygens (including phenoxy) is 1. The first-order valence-corrected chi connectivity index (χ1v) is 6.85. The maximum Gasteiger partial charge on any atom is 0.128 e. The van der Waals surface area contributed by atoms with Crippen LogP contribution in [0.1, 0.15) is 16.7 Å². The normalized spacial score (nSPS) is 9.90. The second kappa shape index (κ2) is 7.10. The van der Waals surface area contributed by atoms with Crippen LogP contribution in [0.2, 0.25) is 0 Å². The van der Waals surface area contributed by atoms with Crippen LogP contribution in [-0.4, -0.2) is 5.88 Å². The molecule has 0 unspecified atom stereocenters. The molecule has 0 saturated carbocycles. The molecule has 1 nitrogen and oxygen atoms in total. The minimum Gasteiger partial charge on any atom is -0.489 e. The monoisotopic (exact) mass is 306 g/mol. The second-order valence-electron chi connectivity index (χ2n) is 4.47. The Labute approximate surface area is 127 Å². The average molecular weight is 307 g/mol. The molecule has 2 aromatic carbocycles. The van der Waals surface area contributed by atoms with E-state index in [2.05, 4.69) is 11.8 Å². The zero-order valence-corrected chi connectivity index (χ0v) is 12.2. The molecule has 0 fully saturated rings. The minimum absolute atomic E-state index is 0.162. The molecule has 0 aliphatic rings. The topological polar surface area (TPSA) is 9.23 Å². The van der Waals surface area contributed by atoms with Gasteiger partial charge in [-0.05, 0) is 42.3 Å². The molecule has 2 aromatic rings. The van der Waals surface area contributed by atoms with E-state index in [1.165, 1.54) is 24.3 Å². The number of hydrogen-bond acceptors (Lipinski definition) is 1. The number of aryl methyl sites for hydroxylation is 1. The molecule has 0 atom stereocenters. The smallest absolute Gasteiger partial charge is 0.128 e. The van der Waals surface area contributed by atoms with Gasteiger partial charge >= 0.3 is 0 Å². The van der Waals surface area contributed by atoms with Crippen molar-refractivity contribution in [2.45, 2.75) is 13.5 Å². The van der Waals surface area contributed by atoms with Gasteiger partial charge < -0.3 is 4.74 Å². The molecule has 0 bridgehead atoms. The molecular weight excluding hydrogens is 294 g/mol. The first kappa shape index (κ1) is 15.3. The molecule has 0 amide bonds. The van der Waals surface area contributed by atoms with Gasteiger partial charge in [0, 0.05) is 11.6 Å². The number of rotatable bonds is 3. The summed E-state index contributed by atoms with van der Waals surface area (Å²) < 4.78 is 32.2. The van der Waals surface area contributed by atoms with Crippen molar-refractivity contribution in [3.63, 3.8) is 0 Å². The van der Waals surface area contributed by atoms with Gasteiger partial charge in [0.15, 0.2) is 0 Å². The lowest BCUT2D eigenvalue weighted by Crippen LogP contribution is -1.99. The summed E-state index contributed by atoms with van der Waals surface area (Å²) in [6.07, 6.45) is 0. The highest BCUT2D eigenvalue weighted by molar-refractivity contribution is 6.19. The van der Waals surface area contributed by atoms with E-state index < -0.39 is 5.82 Å². The van der Waals surface area contributed by atoms with Gasteiger partial charge in [0.25, 0.3) is 0 Å². The van der Waals surface area contributed by atoms with Crippen LogP contribution in [0.3, 0.4) is 0 Å². The molecule has 0 aliphatic heterocycles. The Balaban J connectivity index is 2.16. The van der Waals surface area contributed by atoms with Crippen LogP contribution in [0.4, 0.5) is 8.78 Å². The van der Waals surface area contributed by atoms with Gasteiger partial charge in [-0.1, -0.05) is 17.9 Å². The zero-order chi connectivity index (χ0) is 15.2. The van der Waals surface area contributed by atoms with Crippen molar-refractivity contribution in [1.82, 2.24) is 0 Å². The summed E-state index contributed by atoms with van der Waals surface area (Å²) in [4.78, 5) is 0. The van der Waals surface area contributed by atoms with Crippen molar-refractivity contribution >= 4 is 11.6 Å². The van der Waals surface area contributed by atoms with E-state index in [1.54, 1.807) is 12.1 Å². The molecule has 0 saturated heterocycles. The summed E-state index contributed by atoms with van der Waals surface area (Å²) in [5.41, 5.74) is 2.12. The van der Waals surface area contributed by atoms with Crippen molar-refractivity contribution in [2.24, 2.45) is 0 Å². The van der Waals surface area contributed by atoms with Crippen LogP contribution in [-0.2, 0) is 6.61 Å². The summed E-state index contributed by atoms with van der Waals surface area (Å²) in [5.74, 6) is 5.14. The zero-order valence-electron chi connectivity index (χ0n) is 11.4. The molecule has 4 heteroatoms. The van der Waals surface area contributed by atoms with E-state index in [1.807, 2.05) is 6.92 Å². The van der Waals surface area contributed by atoms with Crippen LogP contribution >= 0.6 is 11.6 Å². The largest absolute Gasteiger partial charge is 0.489 e. The van der Waals surface area contributed by atoms with Crippen molar-refractivity contribution in [1.29, 1.82) is 0 Å². The fraction of sp³-hybridized carbons (Fsp3) is 0.176. The van der Waals surface area contributed by atoms with Crippen LogP contribution in [0.5, 0.6) is 5.75 Å². The number of alkyl halides is 1.